The molecule has 2 fully saturated rings. The molecule has 0 saturated carbocycles. The summed E-state index contributed by atoms with van der Waals surface area (Å²) in [6, 6.07) is 9.64. The van der Waals surface area contributed by atoms with Crippen molar-refractivity contribution in [2.45, 2.75) is 63.6 Å². The fraction of sp³-hybridized carbons (Fsp3) is 0.611. The number of rotatable bonds is 6. The number of piperidine rings is 1. The molecule has 0 aromatic heterocycles. The molecule has 3 rings (SSSR count). The lowest BCUT2D eigenvalue weighted by atomic mass is 9.99. The largest absolute Gasteiger partial charge is 0.494 e. The number of amides is 1. The molecule has 22 heavy (non-hydrogen) atoms. The number of ether oxygens (including phenoxy) is 1. The van der Waals surface area contributed by atoms with Crippen molar-refractivity contribution in [3.05, 3.63) is 29.8 Å². The zero-order valence-electron chi connectivity index (χ0n) is 13.3. The Bertz CT molecular complexity index is 488. The summed E-state index contributed by atoms with van der Waals surface area (Å²) in [5.41, 5.74) is 1.18. The van der Waals surface area contributed by atoms with Gasteiger partial charge in [-0.05, 0) is 56.7 Å². The predicted octanol–water partition coefficient (Wildman–Crippen LogP) is 2.42. The van der Waals surface area contributed by atoms with Gasteiger partial charge in [-0.2, -0.15) is 0 Å². The van der Waals surface area contributed by atoms with Gasteiger partial charge in [0.15, 0.2) is 0 Å². The maximum Gasteiger partial charge on any atom is 0.220 e. The molecular formula is C18H26N2O2. The molecule has 4 nitrogen and oxygen atoms in total. The number of benzene rings is 1. The van der Waals surface area contributed by atoms with Crippen LogP contribution in [0.15, 0.2) is 24.3 Å². The van der Waals surface area contributed by atoms with Crippen molar-refractivity contribution in [3.8, 4) is 5.75 Å². The van der Waals surface area contributed by atoms with E-state index in [-0.39, 0.29) is 5.91 Å². The van der Waals surface area contributed by atoms with Crippen molar-refractivity contribution in [2.24, 2.45) is 0 Å². The van der Waals surface area contributed by atoms with Gasteiger partial charge in [0.05, 0.1) is 6.61 Å². The third-order valence-corrected chi connectivity index (χ3v) is 4.71. The van der Waals surface area contributed by atoms with E-state index in [0.29, 0.717) is 31.2 Å². The van der Waals surface area contributed by atoms with Crippen molar-refractivity contribution in [3.63, 3.8) is 0 Å². The Labute approximate surface area is 132 Å². The molecule has 2 aliphatic rings. The van der Waals surface area contributed by atoms with Gasteiger partial charge in [0, 0.05) is 24.5 Å². The lowest BCUT2D eigenvalue weighted by molar-refractivity contribution is -0.122. The van der Waals surface area contributed by atoms with Gasteiger partial charge in [0.1, 0.15) is 5.75 Å². The van der Waals surface area contributed by atoms with E-state index in [1.54, 1.807) is 0 Å². The van der Waals surface area contributed by atoms with Gasteiger partial charge in [-0.1, -0.05) is 12.1 Å². The first kappa shape index (κ1) is 15.3. The normalized spacial score (nSPS) is 26.7. The van der Waals surface area contributed by atoms with Crippen LogP contribution in [0.25, 0.3) is 0 Å². The quantitative estimate of drug-likeness (QED) is 0.848. The fourth-order valence-corrected chi connectivity index (χ4v) is 3.65. The zero-order valence-corrected chi connectivity index (χ0v) is 13.3. The first-order valence-electron chi connectivity index (χ1n) is 8.50. The van der Waals surface area contributed by atoms with Crippen LogP contribution in [0.3, 0.4) is 0 Å². The zero-order chi connectivity index (χ0) is 15.4. The van der Waals surface area contributed by atoms with Crippen molar-refractivity contribution < 1.29 is 9.53 Å². The van der Waals surface area contributed by atoms with Crippen molar-refractivity contribution in [1.82, 2.24) is 10.6 Å². The molecule has 2 bridgehead atoms. The van der Waals surface area contributed by atoms with Crippen LogP contribution in [0.5, 0.6) is 5.75 Å². The van der Waals surface area contributed by atoms with Gasteiger partial charge in [-0.25, -0.2) is 0 Å². The molecule has 2 saturated heterocycles. The Balaban J connectivity index is 1.42. The summed E-state index contributed by atoms with van der Waals surface area (Å²) in [5, 5.41) is 6.82. The van der Waals surface area contributed by atoms with E-state index in [2.05, 4.69) is 10.6 Å². The summed E-state index contributed by atoms with van der Waals surface area (Å²) in [7, 11) is 0. The third kappa shape index (κ3) is 4.01. The molecule has 1 aromatic rings. The van der Waals surface area contributed by atoms with E-state index < -0.39 is 0 Å². The van der Waals surface area contributed by atoms with Crippen LogP contribution in [0.4, 0.5) is 0 Å². The van der Waals surface area contributed by atoms with Crippen LogP contribution in [-0.4, -0.2) is 30.6 Å². The number of aryl methyl sites for hydroxylation is 1. The van der Waals surface area contributed by atoms with Crippen LogP contribution in [0, 0.1) is 0 Å². The second-order valence-corrected chi connectivity index (χ2v) is 6.45. The summed E-state index contributed by atoms with van der Waals surface area (Å²) < 4.78 is 5.43. The number of carbonyl (C=O) groups excluding carboxylic acids is 1. The first-order valence-corrected chi connectivity index (χ1v) is 8.50. The van der Waals surface area contributed by atoms with E-state index >= 15 is 0 Å². The molecule has 0 spiro atoms. The van der Waals surface area contributed by atoms with Crippen LogP contribution >= 0.6 is 0 Å². The van der Waals surface area contributed by atoms with Gasteiger partial charge in [0.25, 0.3) is 0 Å². The van der Waals surface area contributed by atoms with Gasteiger partial charge in [0.2, 0.25) is 5.91 Å². The first-order chi connectivity index (χ1) is 10.7. The highest BCUT2D eigenvalue weighted by Crippen LogP contribution is 2.26. The molecule has 2 aliphatic heterocycles. The third-order valence-electron chi connectivity index (χ3n) is 4.71. The lowest BCUT2D eigenvalue weighted by Crippen LogP contribution is -2.48. The van der Waals surface area contributed by atoms with Gasteiger partial charge < -0.3 is 15.4 Å². The lowest BCUT2D eigenvalue weighted by Gasteiger charge is -2.29. The number of fused-ring (bicyclic) bond motifs is 2. The number of hydrogen-bond donors (Lipinski definition) is 2. The second kappa shape index (κ2) is 7.14. The summed E-state index contributed by atoms with van der Waals surface area (Å²) in [6.45, 7) is 2.66. The Morgan fingerprint density at radius 1 is 1.23 bits per heavy atom. The van der Waals surface area contributed by atoms with E-state index in [1.807, 2.05) is 31.2 Å². The van der Waals surface area contributed by atoms with Crippen molar-refractivity contribution in [1.29, 1.82) is 0 Å². The second-order valence-electron chi connectivity index (χ2n) is 6.45. The summed E-state index contributed by atoms with van der Waals surface area (Å²) in [4.78, 5) is 12.1. The van der Waals surface area contributed by atoms with E-state index in [0.717, 1.165) is 25.0 Å². The molecule has 2 atom stereocenters. The molecule has 1 amide bonds. The molecular weight excluding hydrogens is 276 g/mol. The standard InChI is InChI=1S/C18H26N2O2/c1-2-22-17-8-3-13(4-9-17)5-10-18(21)20-16-11-14-6-7-15(12-16)19-14/h3-4,8-9,14-16,19H,2,5-7,10-12H2,1H3,(H,20,21). The van der Waals surface area contributed by atoms with Gasteiger partial charge >= 0.3 is 0 Å². The minimum absolute atomic E-state index is 0.181. The van der Waals surface area contributed by atoms with E-state index in [9.17, 15) is 4.79 Å². The average molecular weight is 302 g/mol. The van der Waals surface area contributed by atoms with Crippen LogP contribution in [0.2, 0.25) is 0 Å². The Morgan fingerprint density at radius 3 is 2.55 bits per heavy atom. The van der Waals surface area contributed by atoms with Crippen molar-refractivity contribution in [2.75, 3.05) is 6.61 Å². The molecule has 1 aromatic carbocycles. The molecule has 2 N–H and O–H groups in total. The molecule has 0 aliphatic carbocycles. The Morgan fingerprint density at radius 2 is 1.91 bits per heavy atom. The van der Waals surface area contributed by atoms with E-state index in [4.69, 9.17) is 4.74 Å². The van der Waals surface area contributed by atoms with Crippen LogP contribution in [-0.2, 0) is 11.2 Å². The number of carbonyl (C=O) groups is 1. The number of nitrogens with one attached hydrogen (secondary N) is 2. The maximum absolute atomic E-state index is 12.1. The molecule has 4 heteroatoms. The molecule has 2 heterocycles. The number of hydrogen-bond acceptors (Lipinski definition) is 3. The minimum atomic E-state index is 0.181. The molecule has 120 valence electrons. The topological polar surface area (TPSA) is 50.4 Å². The molecule has 0 radical (unpaired) electrons. The smallest absolute Gasteiger partial charge is 0.220 e. The summed E-state index contributed by atoms with van der Waals surface area (Å²) in [6.07, 6.45) is 6.06. The monoisotopic (exact) mass is 302 g/mol. The highest BCUT2D eigenvalue weighted by Gasteiger charge is 2.33. The van der Waals surface area contributed by atoms with Crippen LogP contribution < -0.4 is 15.4 Å². The fourth-order valence-electron chi connectivity index (χ4n) is 3.65. The maximum atomic E-state index is 12.1. The van der Waals surface area contributed by atoms with Gasteiger partial charge in [-0.3, -0.25) is 4.79 Å². The predicted molar refractivity (Wildman–Crippen MR) is 87.0 cm³/mol. The summed E-state index contributed by atoms with van der Waals surface area (Å²) >= 11 is 0. The average Bonchev–Trinajstić information content (AvgIpc) is 2.86. The molecule has 2 unspecified atom stereocenters. The van der Waals surface area contributed by atoms with Gasteiger partial charge in [-0.15, -0.1) is 0 Å². The Kier molecular flexibility index (Phi) is 4.98. The highest BCUT2D eigenvalue weighted by atomic mass is 16.5. The van der Waals surface area contributed by atoms with Crippen LogP contribution in [0.1, 0.15) is 44.6 Å². The van der Waals surface area contributed by atoms with Crippen molar-refractivity contribution >= 4 is 5.91 Å². The minimum Gasteiger partial charge on any atom is -0.494 e. The van der Waals surface area contributed by atoms with E-state index in [1.165, 1.54) is 18.4 Å². The SMILES string of the molecule is CCOc1ccc(CCC(=O)NC2CC3CCC(C2)N3)cc1. The Hall–Kier alpha value is -1.55. The highest BCUT2D eigenvalue weighted by molar-refractivity contribution is 5.76. The summed E-state index contributed by atoms with van der Waals surface area (Å²) in [5.74, 6) is 1.07.